The first kappa shape index (κ1) is 16.0. The number of anilines is 1. The zero-order valence-electron chi connectivity index (χ0n) is 13.0. The highest BCUT2D eigenvalue weighted by molar-refractivity contribution is 6.06. The number of nitrogens with one attached hydrogen (secondary N) is 1. The molecule has 24 heavy (non-hydrogen) atoms. The average molecular weight is 333 g/mol. The molecule has 0 spiro atoms. The Balaban J connectivity index is 1.87. The Bertz CT molecular complexity index is 928. The second kappa shape index (κ2) is 5.67. The van der Waals surface area contributed by atoms with E-state index < -0.39 is 17.6 Å². The number of amides is 1. The van der Waals surface area contributed by atoms with Crippen LogP contribution < -0.4 is 5.32 Å². The van der Waals surface area contributed by atoms with Gasteiger partial charge in [-0.2, -0.15) is 13.2 Å². The van der Waals surface area contributed by atoms with Crippen molar-refractivity contribution in [1.82, 2.24) is 9.55 Å². The van der Waals surface area contributed by atoms with E-state index >= 15 is 0 Å². The molecule has 0 saturated carbocycles. The molecule has 3 aromatic rings. The van der Waals surface area contributed by atoms with Crippen LogP contribution in [-0.2, 0) is 13.2 Å². The fraction of sp³-hybridized carbons (Fsp3) is 0.176. The molecule has 0 fully saturated rings. The molecule has 0 aliphatic heterocycles. The summed E-state index contributed by atoms with van der Waals surface area (Å²) < 4.78 is 40.1. The number of aromatic nitrogens is 2. The lowest BCUT2D eigenvalue weighted by atomic mass is 10.1. The number of aryl methyl sites for hydroxylation is 2. The fourth-order valence-electron chi connectivity index (χ4n) is 2.44. The molecule has 3 rings (SSSR count). The molecule has 0 aliphatic rings. The molecular weight excluding hydrogens is 319 g/mol. The first-order valence-corrected chi connectivity index (χ1v) is 7.17. The average Bonchev–Trinajstić information content (AvgIpc) is 2.81. The van der Waals surface area contributed by atoms with Crippen molar-refractivity contribution in [2.45, 2.75) is 13.1 Å². The molecule has 1 amide bonds. The van der Waals surface area contributed by atoms with Gasteiger partial charge in [0, 0.05) is 18.3 Å². The van der Waals surface area contributed by atoms with Crippen molar-refractivity contribution in [3.8, 4) is 0 Å². The van der Waals surface area contributed by atoms with Crippen LogP contribution in [0.15, 0.2) is 42.5 Å². The second-order valence-corrected chi connectivity index (χ2v) is 5.45. The van der Waals surface area contributed by atoms with Crippen LogP contribution >= 0.6 is 0 Å². The van der Waals surface area contributed by atoms with Crippen molar-refractivity contribution in [3.63, 3.8) is 0 Å². The quantitative estimate of drug-likeness (QED) is 0.766. The third-order valence-electron chi connectivity index (χ3n) is 3.81. The highest BCUT2D eigenvalue weighted by Gasteiger charge is 2.30. The maximum Gasteiger partial charge on any atom is 0.416 e. The van der Waals surface area contributed by atoms with Crippen molar-refractivity contribution in [2.75, 3.05) is 5.32 Å². The monoisotopic (exact) mass is 333 g/mol. The number of rotatable bonds is 2. The van der Waals surface area contributed by atoms with E-state index in [0.717, 1.165) is 23.5 Å². The first-order chi connectivity index (χ1) is 11.3. The molecule has 4 nitrogen and oxygen atoms in total. The summed E-state index contributed by atoms with van der Waals surface area (Å²) in [6.07, 6.45) is -4.45. The van der Waals surface area contributed by atoms with E-state index in [0.29, 0.717) is 11.1 Å². The summed E-state index contributed by atoms with van der Waals surface area (Å²) in [5.41, 5.74) is 1.15. The van der Waals surface area contributed by atoms with E-state index in [9.17, 15) is 18.0 Å². The van der Waals surface area contributed by atoms with Gasteiger partial charge < -0.3 is 9.88 Å². The zero-order valence-corrected chi connectivity index (χ0v) is 13.0. The number of benzene rings is 2. The van der Waals surface area contributed by atoms with Gasteiger partial charge in [0.15, 0.2) is 0 Å². The number of carbonyl (C=O) groups excluding carboxylic acids is 1. The standard InChI is InChI=1S/C17H14F3N3O/c1-10-21-14-8-11(6-7-15(14)23(10)2)16(24)22-13-5-3-4-12(9-13)17(18,19)20/h3-9H,1-2H3,(H,22,24). The van der Waals surface area contributed by atoms with Gasteiger partial charge in [-0.25, -0.2) is 4.98 Å². The molecule has 2 aromatic carbocycles. The number of nitrogens with zero attached hydrogens (tertiary/aromatic N) is 2. The molecular formula is C17H14F3N3O. The van der Waals surface area contributed by atoms with Gasteiger partial charge in [-0.05, 0) is 43.3 Å². The number of alkyl halides is 3. The van der Waals surface area contributed by atoms with E-state index in [2.05, 4.69) is 10.3 Å². The van der Waals surface area contributed by atoms with Crippen LogP contribution in [0.5, 0.6) is 0 Å². The molecule has 0 bridgehead atoms. The number of hydrogen-bond donors (Lipinski definition) is 1. The molecule has 0 saturated heterocycles. The summed E-state index contributed by atoms with van der Waals surface area (Å²) >= 11 is 0. The number of halogens is 3. The van der Waals surface area contributed by atoms with Gasteiger partial charge in [0.1, 0.15) is 5.82 Å². The highest BCUT2D eigenvalue weighted by atomic mass is 19.4. The predicted octanol–water partition coefficient (Wildman–Crippen LogP) is 4.15. The lowest BCUT2D eigenvalue weighted by molar-refractivity contribution is -0.137. The minimum Gasteiger partial charge on any atom is -0.331 e. The number of carbonyl (C=O) groups is 1. The largest absolute Gasteiger partial charge is 0.416 e. The lowest BCUT2D eigenvalue weighted by Crippen LogP contribution is -2.13. The minimum atomic E-state index is -4.45. The molecule has 0 unspecified atom stereocenters. The Morgan fingerprint density at radius 3 is 2.62 bits per heavy atom. The zero-order chi connectivity index (χ0) is 17.5. The van der Waals surface area contributed by atoms with Crippen LogP contribution in [0.3, 0.4) is 0 Å². The van der Waals surface area contributed by atoms with Gasteiger partial charge >= 0.3 is 6.18 Å². The Morgan fingerprint density at radius 2 is 1.92 bits per heavy atom. The molecule has 1 heterocycles. The minimum absolute atomic E-state index is 0.0899. The van der Waals surface area contributed by atoms with Crippen molar-refractivity contribution in [1.29, 1.82) is 0 Å². The van der Waals surface area contributed by atoms with E-state index in [1.54, 1.807) is 18.2 Å². The first-order valence-electron chi connectivity index (χ1n) is 7.17. The van der Waals surface area contributed by atoms with Gasteiger partial charge in [0.05, 0.1) is 16.6 Å². The Morgan fingerprint density at radius 1 is 1.17 bits per heavy atom. The second-order valence-electron chi connectivity index (χ2n) is 5.45. The van der Waals surface area contributed by atoms with Gasteiger partial charge in [0.25, 0.3) is 5.91 Å². The summed E-state index contributed by atoms with van der Waals surface area (Å²) in [5, 5.41) is 2.48. The van der Waals surface area contributed by atoms with Gasteiger partial charge in [-0.1, -0.05) is 6.07 Å². The molecule has 7 heteroatoms. The fourth-order valence-corrected chi connectivity index (χ4v) is 2.44. The molecule has 0 aliphatic carbocycles. The molecule has 0 atom stereocenters. The van der Waals surface area contributed by atoms with Gasteiger partial charge in [0.2, 0.25) is 0 Å². The van der Waals surface area contributed by atoms with Crippen molar-refractivity contribution >= 4 is 22.6 Å². The van der Waals surface area contributed by atoms with E-state index in [4.69, 9.17) is 0 Å². The summed E-state index contributed by atoms with van der Waals surface area (Å²) in [7, 11) is 1.87. The number of hydrogen-bond acceptors (Lipinski definition) is 2. The highest BCUT2D eigenvalue weighted by Crippen LogP contribution is 2.30. The third-order valence-corrected chi connectivity index (χ3v) is 3.81. The Kier molecular flexibility index (Phi) is 3.79. The summed E-state index contributed by atoms with van der Waals surface area (Å²) in [6.45, 7) is 1.85. The SMILES string of the molecule is Cc1nc2cc(C(=O)Nc3cccc(C(F)(F)F)c3)ccc2n1C. The van der Waals surface area contributed by atoms with Crippen LogP contribution in [0.2, 0.25) is 0 Å². The number of fused-ring (bicyclic) bond motifs is 1. The maximum atomic E-state index is 12.7. The summed E-state index contributed by atoms with van der Waals surface area (Å²) in [6, 6.07) is 9.52. The van der Waals surface area contributed by atoms with Crippen LogP contribution in [0.25, 0.3) is 11.0 Å². The van der Waals surface area contributed by atoms with E-state index in [1.165, 1.54) is 12.1 Å². The Labute approximate surface area is 135 Å². The van der Waals surface area contributed by atoms with Gasteiger partial charge in [-0.15, -0.1) is 0 Å². The van der Waals surface area contributed by atoms with Crippen molar-refractivity contribution < 1.29 is 18.0 Å². The normalized spacial score (nSPS) is 11.7. The summed E-state index contributed by atoms with van der Waals surface area (Å²) in [5.74, 6) is 0.319. The summed E-state index contributed by atoms with van der Waals surface area (Å²) in [4.78, 5) is 16.6. The van der Waals surface area contributed by atoms with Crippen molar-refractivity contribution in [2.24, 2.45) is 7.05 Å². The molecule has 1 N–H and O–H groups in total. The van der Waals surface area contributed by atoms with Crippen molar-refractivity contribution in [3.05, 3.63) is 59.4 Å². The molecule has 1 aromatic heterocycles. The third kappa shape index (κ3) is 2.97. The van der Waals surface area contributed by atoms with E-state index in [-0.39, 0.29) is 5.69 Å². The van der Waals surface area contributed by atoms with Crippen LogP contribution in [-0.4, -0.2) is 15.5 Å². The topological polar surface area (TPSA) is 46.9 Å². The molecule has 124 valence electrons. The van der Waals surface area contributed by atoms with E-state index in [1.807, 2.05) is 18.5 Å². The van der Waals surface area contributed by atoms with Crippen LogP contribution in [0.4, 0.5) is 18.9 Å². The predicted molar refractivity (Wildman–Crippen MR) is 84.8 cm³/mol. The van der Waals surface area contributed by atoms with Gasteiger partial charge in [-0.3, -0.25) is 4.79 Å². The Hall–Kier alpha value is -2.83. The van der Waals surface area contributed by atoms with Crippen LogP contribution in [0.1, 0.15) is 21.7 Å². The smallest absolute Gasteiger partial charge is 0.331 e. The number of imidazole rings is 1. The van der Waals surface area contributed by atoms with Crippen LogP contribution in [0, 0.1) is 6.92 Å². The lowest BCUT2D eigenvalue weighted by Gasteiger charge is -2.10. The maximum absolute atomic E-state index is 12.7. The molecule has 0 radical (unpaired) electrons.